The van der Waals surface area contributed by atoms with E-state index < -0.39 is 5.91 Å². The lowest BCUT2D eigenvalue weighted by molar-refractivity contribution is 0.0929. The number of carbonyl (C=O) groups excluding carboxylic acids is 1. The molecular formula is C24H17Br2IN2O4. The fraction of sp³-hybridized carbons (Fsp3) is 0.0833. The third-order valence-electron chi connectivity index (χ3n) is 4.63. The highest BCUT2D eigenvalue weighted by atomic mass is 127. The lowest BCUT2D eigenvalue weighted by Gasteiger charge is -2.13. The van der Waals surface area contributed by atoms with Gasteiger partial charge < -0.3 is 13.9 Å². The maximum absolute atomic E-state index is 12.4. The molecule has 0 radical (unpaired) electrons. The summed E-state index contributed by atoms with van der Waals surface area (Å²) in [6.07, 6.45) is 1.52. The molecule has 1 N–H and O–H groups in total. The summed E-state index contributed by atoms with van der Waals surface area (Å²) < 4.78 is 19.8. The number of furan rings is 1. The van der Waals surface area contributed by atoms with Gasteiger partial charge in [0, 0.05) is 13.4 Å². The van der Waals surface area contributed by atoms with E-state index >= 15 is 0 Å². The van der Waals surface area contributed by atoms with Crippen LogP contribution < -0.4 is 14.9 Å². The molecule has 0 spiro atoms. The van der Waals surface area contributed by atoms with E-state index in [-0.39, 0.29) is 5.76 Å². The Bertz CT molecular complexity index is 1340. The number of hydrazone groups is 1. The van der Waals surface area contributed by atoms with Gasteiger partial charge in [0.15, 0.2) is 17.3 Å². The Balaban J connectivity index is 1.44. The maximum atomic E-state index is 12.4. The van der Waals surface area contributed by atoms with Crippen molar-refractivity contribution < 1.29 is 18.7 Å². The van der Waals surface area contributed by atoms with Gasteiger partial charge in [0.25, 0.3) is 0 Å². The van der Waals surface area contributed by atoms with E-state index in [1.54, 1.807) is 25.3 Å². The third-order valence-corrected chi connectivity index (χ3v) is 6.43. The normalized spacial score (nSPS) is 11.2. The van der Waals surface area contributed by atoms with Gasteiger partial charge in [-0.1, -0.05) is 28.1 Å². The van der Waals surface area contributed by atoms with Crippen molar-refractivity contribution in [2.24, 2.45) is 5.10 Å². The number of halogens is 3. The smallest absolute Gasteiger partial charge is 0.307 e. The van der Waals surface area contributed by atoms with Crippen molar-refractivity contribution in [2.45, 2.75) is 6.61 Å². The molecule has 0 aliphatic carbocycles. The average Bonchev–Trinajstić information content (AvgIpc) is 3.22. The number of nitrogens with one attached hydrogen (secondary N) is 1. The van der Waals surface area contributed by atoms with Gasteiger partial charge >= 0.3 is 5.91 Å². The number of ether oxygens (including phenoxy) is 2. The molecule has 0 aliphatic heterocycles. The molecule has 0 aliphatic rings. The molecule has 0 unspecified atom stereocenters. The molecule has 4 rings (SSSR count). The van der Waals surface area contributed by atoms with Gasteiger partial charge in [-0.3, -0.25) is 4.79 Å². The van der Waals surface area contributed by atoms with E-state index in [0.717, 1.165) is 15.4 Å². The molecule has 0 bridgehead atoms. The zero-order chi connectivity index (χ0) is 23.4. The molecule has 0 fully saturated rings. The molecule has 9 heteroatoms. The Morgan fingerprint density at radius 2 is 1.91 bits per heavy atom. The first-order valence-electron chi connectivity index (χ1n) is 9.70. The van der Waals surface area contributed by atoms with Crippen LogP contribution in [0.5, 0.6) is 11.5 Å². The number of fused-ring (bicyclic) bond motifs is 1. The highest BCUT2D eigenvalue weighted by Crippen LogP contribution is 2.37. The summed E-state index contributed by atoms with van der Waals surface area (Å²) in [7, 11) is 1.57. The summed E-state index contributed by atoms with van der Waals surface area (Å²) in [4.78, 5) is 12.4. The number of benzene rings is 3. The summed E-state index contributed by atoms with van der Waals surface area (Å²) in [6, 6.07) is 18.9. The van der Waals surface area contributed by atoms with E-state index in [4.69, 9.17) is 13.9 Å². The van der Waals surface area contributed by atoms with Crippen LogP contribution in [0.15, 0.2) is 79.1 Å². The summed E-state index contributed by atoms with van der Waals surface area (Å²) in [5.74, 6) is 0.872. The molecule has 4 aromatic rings. The van der Waals surface area contributed by atoms with Crippen LogP contribution in [-0.4, -0.2) is 19.2 Å². The fourth-order valence-corrected chi connectivity index (χ4v) is 4.35. The van der Waals surface area contributed by atoms with E-state index in [1.807, 2.05) is 42.5 Å². The molecule has 3 aromatic carbocycles. The monoisotopic (exact) mass is 682 g/mol. The van der Waals surface area contributed by atoms with Gasteiger partial charge in [0.05, 0.1) is 17.8 Å². The van der Waals surface area contributed by atoms with Crippen molar-refractivity contribution in [3.05, 3.63) is 90.1 Å². The zero-order valence-electron chi connectivity index (χ0n) is 17.3. The second-order valence-electron chi connectivity index (χ2n) is 6.94. The second-order valence-corrected chi connectivity index (χ2v) is 9.96. The Labute approximate surface area is 220 Å². The Kier molecular flexibility index (Phi) is 7.71. The van der Waals surface area contributed by atoms with Gasteiger partial charge in [-0.25, -0.2) is 5.43 Å². The molecule has 1 amide bonds. The van der Waals surface area contributed by atoms with Crippen LogP contribution in [0.3, 0.4) is 0 Å². The van der Waals surface area contributed by atoms with Crippen molar-refractivity contribution >= 4 is 77.5 Å². The van der Waals surface area contributed by atoms with Crippen LogP contribution in [0.4, 0.5) is 0 Å². The number of hydrogen-bond acceptors (Lipinski definition) is 5. The van der Waals surface area contributed by atoms with Gasteiger partial charge in [-0.2, -0.15) is 5.10 Å². The molecule has 0 saturated carbocycles. The Morgan fingerprint density at radius 1 is 1.12 bits per heavy atom. The molecule has 1 aromatic heterocycles. The van der Waals surface area contributed by atoms with Crippen molar-refractivity contribution in [2.75, 3.05) is 7.11 Å². The Hall–Kier alpha value is -2.37. The fourth-order valence-electron chi connectivity index (χ4n) is 3.04. The van der Waals surface area contributed by atoms with Gasteiger partial charge in [-0.05, 0) is 98.2 Å². The molecule has 0 atom stereocenters. The first kappa shape index (κ1) is 23.8. The first-order valence-corrected chi connectivity index (χ1v) is 12.4. The summed E-state index contributed by atoms with van der Waals surface area (Å²) in [5, 5.41) is 4.87. The predicted molar refractivity (Wildman–Crippen MR) is 143 cm³/mol. The van der Waals surface area contributed by atoms with Crippen molar-refractivity contribution in [3.63, 3.8) is 0 Å². The Morgan fingerprint density at radius 3 is 2.67 bits per heavy atom. The van der Waals surface area contributed by atoms with Gasteiger partial charge in [0.2, 0.25) is 0 Å². The summed E-state index contributed by atoms with van der Waals surface area (Å²) >= 11 is 9.20. The predicted octanol–water partition coefficient (Wildman–Crippen LogP) is 6.91. The topological polar surface area (TPSA) is 73.1 Å². The second kappa shape index (κ2) is 10.7. The van der Waals surface area contributed by atoms with E-state index in [0.29, 0.717) is 33.7 Å². The number of carbonyl (C=O) groups is 1. The van der Waals surface area contributed by atoms with Gasteiger partial charge in [-0.15, -0.1) is 0 Å². The molecule has 1 heterocycles. The molecular weight excluding hydrogens is 667 g/mol. The largest absolute Gasteiger partial charge is 0.493 e. The standard InChI is InChI=1S/C24H17Br2IN2O4/c1-31-21-9-15(8-19(26)23(21)32-13-14-2-5-18(27)6-3-14)12-28-29-24(30)22-11-16-10-17(25)4-7-20(16)33-22/h2-12H,13H2,1H3,(H,29,30)/b28-12+. The van der Waals surface area contributed by atoms with E-state index in [9.17, 15) is 4.79 Å². The van der Waals surface area contributed by atoms with Crippen LogP contribution >= 0.6 is 54.5 Å². The number of amides is 1. The zero-order valence-corrected chi connectivity index (χ0v) is 22.6. The highest BCUT2D eigenvalue weighted by molar-refractivity contribution is 14.1. The lowest BCUT2D eigenvalue weighted by Crippen LogP contribution is -2.16. The third kappa shape index (κ3) is 5.96. The summed E-state index contributed by atoms with van der Waals surface area (Å²) in [6.45, 7) is 0.406. The van der Waals surface area contributed by atoms with Crippen molar-refractivity contribution in [3.8, 4) is 11.5 Å². The van der Waals surface area contributed by atoms with Crippen LogP contribution in [0, 0.1) is 3.57 Å². The number of hydrogen-bond donors (Lipinski definition) is 1. The maximum Gasteiger partial charge on any atom is 0.307 e. The first-order chi connectivity index (χ1) is 15.9. The molecule has 0 saturated heterocycles. The van der Waals surface area contributed by atoms with E-state index in [2.05, 4.69) is 65.0 Å². The highest BCUT2D eigenvalue weighted by Gasteiger charge is 2.13. The number of rotatable bonds is 7. The average molecular weight is 684 g/mol. The molecule has 168 valence electrons. The van der Waals surface area contributed by atoms with Crippen LogP contribution in [0.25, 0.3) is 11.0 Å². The summed E-state index contributed by atoms with van der Waals surface area (Å²) in [5.41, 5.74) is 4.88. The minimum absolute atomic E-state index is 0.179. The molecule has 6 nitrogen and oxygen atoms in total. The minimum Gasteiger partial charge on any atom is -0.493 e. The van der Waals surface area contributed by atoms with Crippen molar-refractivity contribution in [1.82, 2.24) is 5.43 Å². The SMILES string of the molecule is COc1cc(/C=N/NC(=O)c2cc3cc(Br)ccc3o2)cc(Br)c1OCc1ccc(I)cc1. The number of nitrogens with zero attached hydrogens (tertiary/aromatic N) is 1. The lowest BCUT2D eigenvalue weighted by atomic mass is 10.2. The van der Waals surface area contributed by atoms with Crippen LogP contribution in [0.1, 0.15) is 21.7 Å². The molecule has 33 heavy (non-hydrogen) atoms. The van der Waals surface area contributed by atoms with Crippen LogP contribution in [0.2, 0.25) is 0 Å². The van der Waals surface area contributed by atoms with Crippen LogP contribution in [-0.2, 0) is 6.61 Å². The number of methoxy groups -OCH3 is 1. The van der Waals surface area contributed by atoms with Crippen molar-refractivity contribution in [1.29, 1.82) is 0 Å². The van der Waals surface area contributed by atoms with E-state index in [1.165, 1.54) is 9.78 Å². The minimum atomic E-state index is -0.443. The quantitative estimate of drug-likeness (QED) is 0.131. The van der Waals surface area contributed by atoms with Gasteiger partial charge in [0.1, 0.15) is 12.2 Å².